The molecule has 0 fully saturated rings. The highest BCUT2D eigenvalue weighted by molar-refractivity contribution is 6.03. The normalized spacial score (nSPS) is 9.96. The number of carbonyl (C=O) groups is 1. The van der Waals surface area contributed by atoms with Gasteiger partial charge >= 0.3 is 0 Å². The second-order valence-corrected chi connectivity index (χ2v) is 5.72. The third kappa shape index (κ3) is 4.58. The van der Waals surface area contributed by atoms with Crippen molar-refractivity contribution in [1.82, 2.24) is 9.97 Å². The van der Waals surface area contributed by atoms with Crippen molar-refractivity contribution in [3.05, 3.63) is 71.5 Å². The van der Waals surface area contributed by atoms with E-state index in [9.17, 15) is 4.79 Å². The fourth-order valence-electron chi connectivity index (χ4n) is 2.41. The van der Waals surface area contributed by atoms with Gasteiger partial charge in [-0.2, -0.15) is 5.26 Å². The van der Waals surface area contributed by atoms with Gasteiger partial charge in [0.1, 0.15) is 11.4 Å². The Morgan fingerprint density at radius 3 is 2.56 bits per heavy atom. The first-order chi connectivity index (χ1) is 13.1. The van der Waals surface area contributed by atoms with Crippen molar-refractivity contribution >= 4 is 23.2 Å². The molecule has 2 aromatic carbocycles. The smallest absolute Gasteiger partial charge is 0.274 e. The molecule has 7 nitrogen and oxygen atoms in total. The summed E-state index contributed by atoms with van der Waals surface area (Å²) in [5.74, 6) is 0.640. The van der Waals surface area contributed by atoms with Crippen molar-refractivity contribution < 1.29 is 9.53 Å². The highest BCUT2D eigenvalue weighted by atomic mass is 16.5. The van der Waals surface area contributed by atoms with Gasteiger partial charge in [0.15, 0.2) is 0 Å². The molecule has 2 N–H and O–H groups in total. The van der Waals surface area contributed by atoms with Gasteiger partial charge in [-0.15, -0.1) is 0 Å². The Morgan fingerprint density at radius 2 is 1.85 bits per heavy atom. The number of aromatic nitrogens is 2. The van der Waals surface area contributed by atoms with Gasteiger partial charge in [0.2, 0.25) is 5.95 Å². The molecule has 1 amide bonds. The zero-order valence-corrected chi connectivity index (χ0v) is 14.9. The van der Waals surface area contributed by atoms with Gasteiger partial charge in [0, 0.05) is 17.1 Å². The van der Waals surface area contributed by atoms with Crippen molar-refractivity contribution in [2.45, 2.75) is 6.92 Å². The molecular weight excluding hydrogens is 342 g/mol. The number of nitrogens with one attached hydrogen (secondary N) is 2. The van der Waals surface area contributed by atoms with Gasteiger partial charge in [-0.1, -0.05) is 6.07 Å². The molecule has 1 aromatic heterocycles. The maximum atomic E-state index is 12.5. The van der Waals surface area contributed by atoms with Crippen LogP contribution in [-0.4, -0.2) is 23.0 Å². The molecule has 0 bridgehead atoms. The number of nitriles is 1. The summed E-state index contributed by atoms with van der Waals surface area (Å²) in [6.07, 6.45) is 0. The van der Waals surface area contributed by atoms with E-state index in [1.807, 2.05) is 0 Å². The summed E-state index contributed by atoms with van der Waals surface area (Å²) in [5.41, 5.74) is 2.70. The van der Waals surface area contributed by atoms with Crippen LogP contribution >= 0.6 is 0 Å². The monoisotopic (exact) mass is 359 g/mol. The van der Waals surface area contributed by atoms with Crippen LogP contribution in [0.5, 0.6) is 5.75 Å². The van der Waals surface area contributed by atoms with Gasteiger partial charge < -0.3 is 15.4 Å². The van der Waals surface area contributed by atoms with E-state index in [0.29, 0.717) is 28.4 Å². The van der Waals surface area contributed by atoms with Crippen molar-refractivity contribution in [2.75, 3.05) is 17.7 Å². The maximum absolute atomic E-state index is 12.5. The standard InChI is InChI=1S/C20H17N5O2/c1-13-10-18(19(26)23-15-6-8-17(27-2)9-7-15)25-20(22-13)24-16-5-3-4-14(11-16)12-21/h3-11H,1-2H3,(H,23,26)(H,22,24,25). The highest BCUT2D eigenvalue weighted by Gasteiger charge is 2.11. The highest BCUT2D eigenvalue weighted by Crippen LogP contribution is 2.18. The number of methoxy groups -OCH3 is 1. The predicted molar refractivity (Wildman–Crippen MR) is 102 cm³/mol. The summed E-state index contributed by atoms with van der Waals surface area (Å²) >= 11 is 0. The minimum Gasteiger partial charge on any atom is -0.497 e. The van der Waals surface area contributed by atoms with E-state index in [2.05, 4.69) is 26.7 Å². The third-order valence-electron chi connectivity index (χ3n) is 3.68. The fraction of sp³-hybridized carbons (Fsp3) is 0.100. The Labute approximate surface area is 156 Å². The number of amides is 1. The van der Waals surface area contributed by atoms with E-state index < -0.39 is 0 Å². The topological polar surface area (TPSA) is 99.9 Å². The summed E-state index contributed by atoms with van der Waals surface area (Å²) in [4.78, 5) is 21.1. The number of ether oxygens (including phenoxy) is 1. The molecule has 0 aliphatic rings. The first kappa shape index (κ1) is 17.9. The largest absolute Gasteiger partial charge is 0.497 e. The number of nitrogens with zero attached hydrogens (tertiary/aromatic N) is 3. The lowest BCUT2D eigenvalue weighted by atomic mass is 10.2. The Bertz CT molecular complexity index is 1010. The summed E-state index contributed by atoms with van der Waals surface area (Å²) in [7, 11) is 1.58. The van der Waals surface area contributed by atoms with Crippen molar-refractivity contribution in [3.8, 4) is 11.8 Å². The van der Waals surface area contributed by atoms with E-state index in [4.69, 9.17) is 10.00 Å². The van der Waals surface area contributed by atoms with Crippen LogP contribution in [0.2, 0.25) is 0 Å². The molecule has 7 heteroatoms. The zero-order valence-electron chi connectivity index (χ0n) is 14.9. The van der Waals surface area contributed by atoms with Gasteiger partial charge in [-0.05, 0) is 55.5 Å². The average Bonchev–Trinajstić information content (AvgIpc) is 2.68. The van der Waals surface area contributed by atoms with Crippen molar-refractivity contribution in [2.24, 2.45) is 0 Å². The van der Waals surface area contributed by atoms with E-state index in [1.165, 1.54) is 0 Å². The molecule has 0 saturated carbocycles. The van der Waals surface area contributed by atoms with E-state index >= 15 is 0 Å². The molecule has 134 valence electrons. The number of hydrogen-bond donors (Lipinski definition) is 2. The number of hydrogen-bond acceptors (Lipinski definition) is 6. The van der Waals surface area contributed by atoms with Crippen LogP contribution < -0.4 is 15.4 Å². The predicted octanol–water partition coefficient (Wildman–Crippen LogP) is 3.66. The molecule has 0 aliphatic carbocycles. The quantitative estimate of drug-likeness (QED) is 0.721. The van der Waals surface area contributed by atoms with Crippen LogP contribution in [-0.2, 0) is 0 Å². The first-order valence-corrected chi connectivity index (χ1v) is 8.15. The molecule has 0 saturated heterocycles. The summed E-state index contributed by atoms with van der Waals surface area (Å²) < 4.78 is 5.10. The average molecular weight is 359 g/mol. The molecule has 0 aliphatic heterocycles. The lowest BCUT2D eigenvalue weighted by Gasteiger charge is -2.09. The number of anilines is 3. The third-order valence-corrected chi connectivity index (χ3v) is 3.68. The molecule has 0 spiro atoms. The zero-order chi connectivity index (χ0) is 19.2. The van der Waals surface area contributed by atoms with Crippen LogP contribution in [0.25, 0.3) is 0 Å². The van der Waals surface area contributed by atoms with Crippen molar-refractivity contribution in [3.63, 3.8) is 0 Å². The molecule has 27 heavy (non-hydrogen) atoms. The van der Waals surface area contributed by atoms with E-state index in [0.717, 1.165) is 0 Å². The minimum absolute atomic E-state index is 0.234. The number of benzene rings is 2. The maximum Gasteiger partial charge on any atom is 0.274 e. The summed E-state index contributed by atoms with van der Waals surface area (Å²) in [6, 6.07) is 17.6. The Kier molecular flexibility index (Phi) is 5.28. The molecule has 3 rings (SSSR count). The fourth-order valence-corrected chi connectivity index (χ4v) is 2.41. The number of aryl methyl sites for hydroxylation is 1. The van der Waals surface area contributed by atoms with E-state index in [-0.39, 0.29) is 17.5 Å². The summed E-state index contributed by atoms with van der Waals surface area (Å²) in [6.45, 7) is 1.78. The first-order valence-electron chi connectivity index (χ1n) is 8.15. The van der Waals surface area contributed by atoms with Crippen LogP contribution in [0.3, 0.4) is 0 Å². The van der Waals surface area contributed by atoms with Crippen LogP contribution in [0, 0.1) is 18.3 Å². The molecule has 0 atom stereocenters. The van der Waals surface area contributed by atoms with Gasteiger partial charge in [-0.3, -0.25) is 4.79 Å². The van der Waals surface area contributed by atoms with Crippen LogP contribution in [0.15, 0.2) is 54.6 Å². The lowest BCUT2D eigenvalue weighted by Crippen LogP contribution is -2.15. The van der Waals surface area contributed by atoms with Crippen LogP contribution in [0.4, 0.5) is 17.3 Å². The molecule has 1 heterocycles. The van der Waals surface area contributed by atoms with Crippen molar-refractivity contribution in [1.29, 1.82) is 5.26 Å². The summed E-state index contributed by atoms with van der Waals surface area (Å²) in [5, 5.41) is 14.8. The van der Waals surface area contributed by atoms with Gasteiger partial charge in [-0.25, -0.2) is 9.97 Å². The van der Waals surface area contributed by atoms with Gasteiger partial charge in [0.25, 0.3) is 5.91 Å². The lowest BCUT2D eigenvalue weighted by molar-refractivity contribution is 0.102. The SMILES string of the molecule is COc1ccc(NC(=O)c2cc(C)nc(Nc3cccc(C#N)c3)n2)cc1. The Morgan fingerprint density at radius 1 is 1.07 bits per heavy atom. The Hall–Kier alpha value is -3.92. The molecule has 3 aromatic rings. The molecule has 0 unspecified atom stereocenters. The number of carbonyl (C=O) groups excluding carboxylic acids is 1. The number of rotatable bonds is 5. The van der Waals surface area contributed by atoms with Gasteiger partial charge in [0.05, 0.1) is 18.7 Å². The molecule has 0 radical (unpaired) electrons. The Balaban J connectivity index is 1.79. The van der Waals surface area contributed by atoms with Crippen LogP contribution in [0.1, 0.15) is 21.7 Å². The van der Waals surface area contributed by atoms with E-state index in [1.54, 1.807) is 68.6 Å². The second-order valence-electron chi connectivity index (χ2n) is 5.72. The minimum atomic E-state index is -0.348. The second kappa shape index (κ2) is 7.97. The molecular formula is C20H17N5O2.